The molecule has 1 aromatic rings. The van der Waals surface area contributed by atoms with E-state index >= 15 is 0 Å². The Hall–Kier alpha value is -1.16. The summed E-state index contributed by atoms with van der Waals surface area (Å²) in [5, 5.41) is 0. The lowest BCUT2D eigenvalue weighted by Gasteiger charge is -2.16. The smallest absolute Gasteiger partial charge is 0.127 e. The van der Waals surface area contributed by atoms with Crippen molar-refractivity contribution in [2.75, 3.05) is 13.6 Å². The highest BCUT2D eigenvalue weighted by molar-refractivity contribution is 7.80. The number of nitrogens with zero attached hydrogens (tertiary/aromatic N) is 2. The molecule has 0 aromatic carbocycles. The summed E-state index contributed by atoms with van der Waals surface area (Å²) in [6.07, 6.45) is 5.13. The fraction of sp³-hybridized carbons (Fsp3) is 0.250. The third-order valence-corrected chi connectivity index (χ3v) is 2.01. The van der Waals surface area contributed by atoms with Crippen molar-refractivity contribution in [3.63, 3.8) is 0 Å². The first-order valence-corrected chi connectivity index (χ1v) is 4.01. The van der Waals surface area contributed by atoms with Gasteiger partial charge in [-0.2, -0.15) is 0 Å². The zero-order valence-electron chi connectivity index (χ0n) is 6.95. The lowest BCUT2D eigenvalue weighted by atomic mass is 10.4. The summed E-state index contributed by atoms with van der Waals surface area (Å²) in [4.78, 5) is 9.52. The number of thiocarbonyl (C=S) groups is 1. The first-order valence-electron chi connectivity index (χ1n) is 3.60. The summed E-state index contributed by atoms with van der Waals surface area (Å²) in [5.41, 5.74) is 0.870. The molecule has 0 aliphatic carbocycles. The Balaban J connectivity index is 2.65. The average molecular weight is 181 g/mol. The number of aromatic nitrogens is 2. The average Bonchev–Trinajstić information content (AvgIpc) is 2.55. The third-order valence-electron chi connectivity index (χ3n) is 1.48. The van der Waals surface area contributed by atoms with Crippen molar-refractivity contribution in [3.8, 4) is 0 Å². The molecule has 0 aliphatic heterocycles. The first kappa shape index (κ1) is 8.93. The van der Waals surface area contributed by atoms with Crippen LogP contribution in [0.15, 0.2) is 25.2 Å². The molecule has 1 heterocycles. The number of likely N-dealkylation sites (N-methyl/N-ethyl adjacent to an activating group) is 1. The van der Waals surface area contributed by atoms with Gasteiger partial charge in [0, 0.05) is 13.6 Å². The van der Waals surface area contributed by atoms with E-state index in [0.717, 1.165) is 17.2 Å². The van der Waals surface area contributed by atoms with Crippen molar-refractivity contribution in [2.45, 2.75) is 0 Å². The second-order valence-electron chi connectivity index (χ2n) is 2.44. The maximum Gasteiger partial charge on any atom is 0.127 e. The van der Waals surface area contributed by atoms with Gasteiger partial charge in [-0.3, -0.25) is 0 Å². The Morgan fingerprint density at radius 3 is 3.17 bits per heavy atom. The molecular formula is C8H11N3S. The lowest BCUT2D eigenvalue weighted by Crippen LogP contribution is -2.25. The van der Waals surface area contributed by atoms with Crippen LogP contribution in [0.3, 0.4) is 0 Å². The molecule has 0 spiro atoms. The maximum absolute atomic E-state index is 5.17. The summed E-state index contributed by atoms with van der Waals surface area (Å²) in [5.74, 6) is 0. The van der Waals surface area contributed by atoms with Crippen molar-refractivity contribution in [3.05, 3.63) is 30.9 Å². The SMILES string of the molecule is C=CCN(C)C(=S)c1cnc[nH]1. The van der Waals surface area contributed by atoms with Crippen LogP contribution in [0.4, 0.5) is 0 Å². The van der Waals surface area contributed by atoms with Gasteiger partial charge in [0.05, 0.1) is 18.2 Å². The standard InChI is InChI=1S/C8H11N3S/c1-3-4-11(2)8(12)7-5-9-6-10-7/h3,5-6H,1,4H2,2H3,(H,9,10). The van der Waals surface area contributed by atoms with Gasteiger partial charge in [0.1, 0.15) is 4.99 Å². The van der Waals surface area contributed by atoms with Crippen LogP contribution >= 0.6 is 12.2 Å². The van der Waals surface area contributed by atoms with Gasteiger partial charge >= 0.3 is 0 Å². The zero-order chi connectivity index (χ0) is 8.97. The summed E-state index contributed by atoms with van der Waals surface area (Å²) in [6.45, 7) is 4.39. The van der Waals surface area contributed by atoms with Crippen LogP contribution in [0.1, 0.15) is 5.69 Å². The van der Waals surface area contributed by atoms with Gasteiger partial charge < -0.3 is 9.88 Å². The van der Waals surface area contributed by atoms with Crippen LogP contribution in [0.5, 0.6) is 0 Å². The van der Waals surface area contributed by atoms with Gasteiger partial charge in [0.2, 0.25) is 0 Å². The Labute approximate surface area is 77.1 Å². The number of hydrogen-bond donors (Lipinski definition) is 1. The van der Waals surface area contributed by atoms with E-state index < -0.39 is 0 Å². The van der Waals surface area contributed by atoms with E-state index in [1.54, 1.807) is 12.5 Å². The molecule has 0 radical (unpaired) electrons. The van der Waals surface area contributed by atoms with E-state index in [0.29, 0.717) is 0 Å². The quantitative estimate of drug-likeness (QED) is 0.561. The Kier molecular flexibility index (Phi) is 2.99. The van der Waals surface area contributed by atoms with E-state index in [-0.39, 0.29) is 0 Å². The minimum Gasteiger partial charge on any atom is -0.360 e. The molecule has 0 saturated carbocycles. The predicted molar refractivity (Wildman–Crippen MR) is 53.1 cm³/mol. The molecule has 0 unspecified atom stereocenters. The molecule has 64 valence electrons. The summed E-state index contributed by atoms with van der Waals surface area (Å²) in [6, 6.07) is 0. The second kappa shape index (κ2) is 4.01. The molecule has 0 aliphatic rings. The van der Waals surface area contributed by atoms with E-state index in [1.807, 2.05) is 18.0 Å². The summed E-state index contributed by atoms with van der Waals surface area (Å²) < 4.78 is 0. The van der Waals surface area contributed by atoms with E-state index in [4.69, 9.17) is 12.2 Å². The molecular weight excluding hydrogens is 170 g/mol. The molecule has 0 saturated heterocycles. The van der Waals surface area contributed by atoms with Crippen LogP contribution in [0.2, 0.25) is 0 Å². The number of rotatable bonds is 3. The van der Waals surface area contributed by atoms with Crippen LogP contribution in [0.25, 0.3) is 0 Å². The van der Waals surface area contributed by atoms with Crippen LogP contribution in [0, 0.1) is 0 Å². The highest BCUT2D eigenvalue weighted by Gasteiger charge is 2.05. The van der Waals surface area contributed by atoms with Gasteiger partial charge in [-0.05, 0) is 0 Å². The van der Waals surface area contributed by atoms with Crippen molar-refractivity contribution in [2.24, 2.45) is 0 Å². The van der Waals surface area contributed by atoms with Gasteiger partial charge in [-0.15, -0.1) is 6.58 Å². The van der Waals surface area contributed by atoms with E-state index in [9.17, 15) is 0 Å². The van der Waals surface area contributed by atoms with E-state index in [1.165, 1.54) is 0 Å². The highest BCUT2D eigenvalue weighted by atomic mass is 32.1. The molecule has 4 heteroatoms. The Morgan fingerprint density at radius 2 is 2.67 bits per heavy atom. The molecule has 0 atom stereocenters. The lowest BCUT2D eigenvalue weighted by molar-refractivity contribution is 0.575. The predicted octanol–water partition coefficient (Wildman–Crippen LogP) is 1.20. The largest absolute Gasteiger partial charge is 0.360 e. The van der Waals surface area contributed by atoms with Gasteiger partial charge in [-0.1, -0.05) is 18.3 Å². The molecule has 1 N–H and O–H groups in total. The first-order chi connectivity index (χ1) is 5.75. The topological polar surface area (TPSA) is 31.9 Å². The number of H-pyrrole nitrogens is 1. The molecule has 0 amide bonds. The number of aromatic amines is 1. The second-order valence-corrected chi connectivity index (χ2v) is 2.83. The Bertz CT molecular complexity index is 266. The van der Waals surface area contributed by atoms with Gasteiger partial charge in [0.25, 0.3) is 0 Å². The van der Waals surface area contributed by atoms with Gasteiger partial charge in [-0.25, -0.2) is 4.98 Å². The minimum atomic E-state index is 0.748. The zero-order valence-corrected chi connectivity index (χ0v) is 7.77. The molecule has 12 heavy (non-hydrogen) atoms. The summed E-state index contributed by atoms with van der Waals surface area (Å²) in [7, 11) is 1.92. The molecule has 1 aromatic heterocycles. The molecule has 3 nitrogen and oxygen atoms in total. The van der Waals surface area contributed by atoms with Gasteiger partial charge in [0.15, 0.2) is 0 Å². The van der Waals surface area contributed by atoms with Crippen molar-refractivity contribution in [1.82, 2.24) is 14.9 Å². The van der Waals surface area contributed by atoms with E-state index in [2.05, 4.69) is 16.5 Å². The van der Waals surface area contributed by atoms with Crippen molar-refractivity contribution >= 4 is 17.2 Å². The number of imidazole rings is 1. The van der Waals surface area contributed by atoms with Crippen molar-refractivity contribution < 1.29 is 0 Å². The summed E-state index contributed by atoms with van der Waals surface area (Å²) >= 11 is 5.17. The fourth-order valence-electron chi connectivity index (χ4n) is 0.855. The Morgan fingerprint density at radius 1 is 1.92 bits per heavy atom. The molecule has 1 rings (SSSR count). The minimum absolute atomic E-state index is 0.748. The van der Waals surface area contributed by atoms with Crippen LogP contribution in [-0.4, -0.2) is 33.4 Å². The maximum atomic E-state index is 5.17. The third kappa shape index (κ3) is 1.92. The normalized spacial score (nSPS) is 9.42. The van der Waals surface area contributed by atoms with Crippen LogP contribution < -0.4 is 0 Å². The number of hydrogen-bond acceptors (Lipinski definition) is 2. The molecule has 0 bridgehead atoms. The monoisotopic (exact) mass is 181 g/mol. The fourth-order valence-corrected chi connectivity index (χ4v) is 1.04. The van der Waals surface area contributed by atoms with Crippen LogP contribution in [-0.2, 0) is 0 Å². The van der Waals surface area contributed by atoms with Crippen molar-refractivity contribution in [1.29, 1.82) is 0 Å². The highest BCUT2D eigenvalue weighted by Crippen LogP contribution is 1.99. The number of nitrogens with one attached hydrogen (secondary N) is 1. The molecule has 0 fully saturated rings.